The molecule has 6 rings (SSSR count). The van der Waals surface area contributed by atoms with Crippen LogP contribution in [0.15, 0.2) is 55.0 Å². The van der Waals surface area contributed by atoms with Gasteiger partial charge in [-0.2, -0.15) is 4.37 Å². The highest BCUT2D eigenvalue weighted by Gasteiger charge is 2.36. The average molecular weight is 579 g/mol. The van der Waals surface area contributed by atoms with Gasteiger partial charge in [0.15, 0.2) is 5.82 Å². The zero-order valence-electron chi connectivity index (χ0n) is 20.8. The fourth-order valence-corrected chi connectivity index (χ4v) is 5.59. The van der Waals surface area contributed by atoms with Gasteiger partial charge in [-0.25, -0.2) is 14.4 Å². The third kappa shape index (κ3) is 4.69. The predicted molar refractivity (Wildman–Crippen MR) is 146 cm³/mol. The molecule has 14 heteroatoms. The van der Waals surface area contributed by atoms with Crippen LogP contribution >= 0.6 is 23.1 Å². The van der Waals surface area contributed by atoms with Gasteiger partial charge >= 0.3 is 0 Å². The maximum atomic E-state index is 14.3. The minimum atomic E-state index is -1.00. The molecule has 0 bridgehead atoms. The third-order valence-electron chi connectivity index (χ3n) is 6.37. The van der Waals surface area contributed by atoms with Gasteiger partial charge in [-0.1, -0.05) is 29.8 Å². The maximum Gasteiger partial charge on any atom is 0.287 e. The molecule has 1 aliphatic rings. The molecule has 2 aromatic carbocycles. The summed E-state index contributed by atoms with van der Waals surface area (Å²) < 4.78 is 22.5. The van der Waals surface area contributed by atoms with Crippen LogP contribution in [0.1, 0.15) is 44.1 Å². The molecule has 11 nitrogen and oxygen atoms in total. The zero-order chi connectivity index (χ0) is 28.0. The van der Waals surface area contributed by atoms with Crippen LogP contribution in [0, 0.1) is 5.82 Å². The highest BCUT2D eigenvalue weighted by molar-refractivity contribution is 7.13. The molecular weight excluding hydrogens is 559 g/mol. The van der Waals surface area contributed by atoms with E-state index in [0.29, 0.717) is 11.1 Å². The molecule has 0 saturated heterocycles. The van der Waals surface area contributed by atoms with Crippen molar-refractivity contribution < 1.29 is 18.8 Å². The van der Waals surface area contributed by atoms with Crippen molar-refractivity contribution >= 4 is 56.8 Å². The standard InChI is InChI=1S/C26H20ClFN8O3S/c1-35-10-14(30-12-35)9-29-26(39)24-32-23(33-25(38)21-15-4-2-3-5-18(15)40-34-21)22-20(31-19(37)11-36(22)24)16-8-13(28)6-7-17(16)27/h2-8,10,12,20H,9,11H2,1H3,(H,29,39)(H,31,37)(H,33,38)/t20-/m0/s1. The first-order valence-corrected chi connectivity index (χ1v) is 13.2. The number of rotatable bonds is 6. The van der Waals surface area contributed by atoms with Crippen molar-refractivity contribution in [3.8, 4) is 0 Å². The van der Waals surface area contributed by atoms with Crippen LogP contribution in [0.2, 0.25) is 5.02 Å². The van der Waals surface area contributed by atoms with E-state index >= 15 is 0 Å². The van der Waals surface area contributed by atoms with Gasteiger partial charge in [-0.15, -0.1) is 0 Å². The number of halogens is 2. The molecule has 3 aromatic heterocycles. The molecule has 0 radical (unpaired) electrons. The molecule has 0 spiro atoms. The molecule has 1 atom stereocenters. The number of anilines is 1. The van der Waals surface area contributed by atoms with Crippen molar-refractivity contribution in [1.29, 1.82) is 0 Å². The number of aryl methyl sites for hydroxylation is 1. The van der Waals surface area contributed by atoms with Crippen LogP contribution in [-0.2, 0) is 24.9 Å². The highest BCUT2D eigenvalue weighted by Crippen LogP contribution is 2.36. The van der Waals surface area contributed by atoms with E-state index < -0.39 is 29.6 Å². The molecule has 202 valence electrons. The van der Waals surface area contributed by atoms with Gasteiger partial charge < -0.3 is 25.1 Å². The van der Waals surface area contributed by atoms with Gasteiger partial charge in [-0.3, -0.25) is 14.4 Å². The minimum absolute atomic E-state index is 0.00963. The first kappa shape index (κ1) is 25.6. The molecule has 0 unspecified atom stereocenters. The average Bonchev–Trinajstić information content (AvgIpc) is 3.65. The molecule has 3 N–H and O–H groups in total. The minimum Gasteiger partial charge on any atom is -0.344 e. The van der Waals surface area contributed by atoms with Gasteiger partial charge in [0.25, 0.3) is 11.8 Å². The first-order valence-electron chi connectivity index (χ1n) is 12.0. The fraction of sp³-hybridized carbons (Fsp3) is 0.154. The normalized spacial score (nSPS) is 14.6. The lowest BCUT2D eigenvalue weighted by Crippen LogP contribution is -2.41. The Morgan fingerprint density at radius 2 is 2.05 bits per heavy atom. The number of carbonyl (C=O) groups is 3. The summed E-state index contributed by atoms with van der Waals surface area (Å²) >= 11 is 7.58. The first-order chi connectivity index (χ1) is 19.3. The molecule has 0 saturated carbocycles. The summed E-state index contributed by atoms with van der Waals surface area (Å²) in [5.74, 6) is -2.27. The number of hydrogen-bond donors (Lipinski definition) is 3. The molecule has 3 amide bonds. The lowest BCUT2D eigenvalue weighted by atomic mass is 10.0. The number of nitrogens with zero attached hydrogens (tertiary/aromatic N) is 5. The number of fused-ring (bicyclic) bond motifs is 2. The van der Waals surface area contributed by atoms with Gasteiger partial charge in [-0.05, 0) is 35.8 Å². The van der Waals surface area contributed by atoms with Gasteiger partial charge in [0.2, 0.25) is 11.7 Å². The Labute approximate surface area is 235 Å². The van der Waals surface area contributed by atoms with Crippen LogP contribution in [0.25, 0.3) is 10.1 Å². The van der Waals surface area contributed by atoms with Crippen LogP contribution in [-0.4, -0.2) is 41.2 Å². The summed E-state index contributed by atoms with van der Waals surface area (Å²) in [7, 11) is 1.81. The highest BCUT2D eigenvalue weighted by atomic mass is 35.5. The summed E-state index contributed by atoms with van der Waals surface area (Å²) in [4.78, 5) is 48.1. The van der Waals surface area contributed by atoms with E-state index in [4.69, 9.17) is 11.6 Å². The van der Waals surface area contributed by atoms with Crippen LogP contribution < -0.4 is 16.0 Å². The van der Waals surface area contributed by atoms with E-state index in [2.05, 4.69) is 30.3 Å². The number of carbonyl (C=O) groups excluding carboxylic acids is 3. The molecule has 5 aromatic rings. The van der Waals surface area contributed by atoms with Crippen molar-refractivity contribution in [1.82, 2.24) is 34.1 Å². The molecule has 1 aliphatic heterocycles. The SMILES string of the molecule is Cn1cnc(CNC(=O)c2nc(NC(=O)c3nsc4ccccc34)c3n2CC(=O)N[C@H]3c2cc(F)ccc2Cl)c1. The lowest BCUT2D eigenvalue weighted by Gasteiger charge is -2.28. The number of imidazole rings is 2. The molecule has 4 heterocycles. The van der Waals surface area contributed by atoms with Gasteiger partial charge in [0, 0.05) is 29.2 Å². The topological polar surface area (TPSA) is 136 Å². The van der Waals surface area contributed by atoms with E-state index in [9.17, 15) is 18.8 Å². The number of hydrogen-bond acceptors (Lipinski definition) is 7. The van der Waals surface area contributed by atoms with Crippen LogP contribution in [0.3, 0.4) is 0 Å². The molecule has 0 fully saturated rings. The number of amides is 3. The zero-order valence-corrected chi connectivity index (χ0v) is 22.4. The Balaban J connectivity index is 1.42. The summed E-state index contributed by atoms with van der Waals surface area (Å²) in [6.45, 7) is -0.146. The quantitative estimate of drug-likeness (QED) is 0.282. The summed E-state index contributed by atoms with van der Waals surface area (Å²) in [5.41, 5.74) is 1.31. The third-order valence-corrected chi connectivity index (χ3v) is 7.54. The van der Waals surface area contributed by atoms with E-state index in [1.807, 2.05) is 12.1 Å². The van der Waals surface area contributed by atoms with Gasteiger partial charge in [0.1, 0.15) is 18.1 Å². The molecular formula is C26H20ClFN8O3S. The van der Waals surface area contributed by atoms with E-state index in [1.165, 1.54) is 34.3 Å². The van der Waals surface area contributed by atoms with Crippen molar-refractivity contribution in [3.63, 3.8) is 0 Å². The number of nitrogens with one attached hydrogen (secondary N) is 3. The number of aromatic nitrogens is 5. The van der Waals surface area contributed by atoms with E-state index in [0.717, 1.165) is 4.70 Å². The molecule has 0 aliphatic carbocycles. The van der Waals surface area contributed by atoms with Crippen LogP contribution in [0.5, 0.6) is 0 Å². The largest absolute Gasteiger partial charge is 0.344 e. The van der Waals surface area contributed by atoms with Crippen molar-refractivity contribution in [2.75, 3.05) is 5.32 Å². The van der Waals surface area contributed by atoms with Gasteiger partial charge in [0.05, 0.1) is 35.0 Å². The Morgan fingerprint density at radius 1 is 1.23 bits per heavy atom. The Bertz CT molecular complexity index is 1810. The van der Waals surface area contributed by atoms with Crippen molar-refractivity contribution in [2.45, 2.75) is 19.1 Å². The Kier molecular flexibility index (Phi) is 6.52. The smallest absolute Gasteiger partial charge is 0.287 e. The number of benzene rings is 2. The second-order valence-corrected chi connectivity index (χ2v) is 10.3. The second-order valence-electron chi connectivity index (χ2n) is 9.12. The predicted octanol–water partition coefficient (Wildman–Crippen LogP) is 3.42. The maximum absolute atomic E-state index is 14.3. The lowest BCUT2D eigenvalue weighted by molar-refractivity contribution is -0.123. The Morgan fingerprint density at radius 3 is 2.85 bits per heavy atom. The van der Waals surface area contributed by atoms with Crippen molar-refractivity contribution in [3.05, 3.63) is 94.3 Å². The summed E-state index contributed by atoms with van der Waals surface area (Å²) in [6.07, 6.45) is 3.35. The van der Waals surface area contributed by atoms with Crippen LogP contribution in [0.4, 0.5) is 10.2 Å². The summed E-state index contributed by atoms with van der Waals surface area (Å²) in [5, 5.41) is 9.13. The fourth-order valence-electron chi connectivity index (χ4n) is 4.59. The summed E-state index contributed by atoms with van der Waals surface area (Å²) in [6, 6.07) is 10.0. The Hall–Kier alpha value is -4.62. The van der Waals surface area contributed by atoms with E-state index in [-0.39, 0.29) is 46.7 Å². The monoisotopic (exact) mass is 578 g/mol. The second kappa shape index (κ2) is 10.2. The molecule has 40 heavy (non-hydrogen) atoms. The van der Waals surface area contributed by atoms with E-state index in [1.54, 1.807) is 36.3 Å². The van der Waals surface area contributed by atoms with Crippen molar-refractivity contribution in [2.24, 2.45) is 7.05 Å².